The largest absolute Gasteiger partial charge is 0.469 e. The van der Waals surface area contributed by atoms with E-state index >= 15 is 0 Å². The summed E-state index contributed by atoms with van der Waals surface area (Å²) in [5.41, 5.74) is 0. The summed E-state index contributed by atoms with van der Waals surface area (Å²) in [5, 5.41) is 9.62. The number of aliphatic hydroxyl groups is 1. The second kappa shape index (κ2) is 5.19. The van der Waals surface area contributed by atoms with Gasteiger partial charge in [0.15, 0.2) is 0 Å². The van der Waals surface area contributed by atoms with Crippen LogP contribution < -0.4 is 0 Å². The molecule has 0 aromatic rings. The van der Waals surface area contributed by atoms with Gasteiger partial charge in [0.25, 0.3) is 0 Å². The first-order valence-electron chi connectivity index (χ1n) is 4.56. The van der Waals surface area contributed by atoms with E-state index in [1.54, 1.807) is 0 Å². The van der Waals surface area contributed by atoms with Gasteiger partial charge in [-0.2, -0.15) is 0 Å². The smallest absolute Gasteiger partial charge is 0.308 e. The first-order valence-corrected chi connectivity index (χ1v) is 4.56. The Bertz CT molecular complexity index is 163. The van der Waals surface area contributed by atoms with Crippen molar-refractivity contribution in [2.45, 2.75) is 25.4 Å². The fourth-order valence-corrected chi connectivity index (χ4v) is 1.52. The number of hydrogen-bond acceptors (Lipinski definition) is 4. The third-order valence-electron chi connectivity index (χ3n) is 2.41. The normalized spacial score (nSPS) is 21.1. The highest BCUT2D eigenvalue weighted by molar-refractivity contribution is 5.69. The number of carbonyl (C=O) groups excluding carboxylic acids is 1. The number of carbonyl (C=O) groups is 1. The molecule has 0 radical (unpaired) electrons. The van der Waals surface area contributed by atoms with Gasteiger partial charge in [0.05, 0.1) is 19.6 Å². The fraction of sp³-hybridized carbons (Fsp3) is 0.889. The minimum atomic E-state index is -0.573. The standard InChI is InChI=1S/C9H16O4/c1-12-9(11)6-8(10)7-2-4-13-5-3-7/h7-8,10H,2-6H2,1H3/t8-/m0/s1. The van der Waals surface area contributed by atoms with Crippen molar-refractivity contribution in [2.24, 2.45) is 5.92 Å². The van der Waals surface area contributed by atoms with Crippen molar-refractivity contribution in [2.75, 3.05) is 20.3 Å². The highest BCUT2D eigenvalue weighted by Crippen LogP contribution is 2.20. The Labute approximate surface area is 77.8 Å². The Morgan fingerprint density at radius 1 is 1.62 bits per heavy atom. The predicted octanol–water partition coefficient (Wildman–Crippen LogP) is 0.337. The van der Waals surface area contributed by atoms with Crippen LogP contribution in [0.4, 0.5) is 0 Å². The molecule has 0 spiro atoms. The van der Waals surface area contributed by atoms with Crippen molar-refractivity contribution < 1.29 is 19.4 Å². The average Bonchev–Trinajstić information content (AvgIpc) is 2.19. The van der Waals surface area contributed by atoms with Gasteiger partial charge < -0.3 is 14.6 Å². The van der Waals surface area contributed by atoms with Crippen LogP contribution in [0.1, 0.15) is 19.3 Å². The topological polar surface area (TPSA) is 55.8 Å². The molecule has 1 rings (SSSR count). The summed E-state index contributed by atoms with van der Waals surface area (Å²) in [5.74, 6) is -0.160. The van der Waals surface area contributed by atoms with Crippen molar-refractivity contribution in [1.82, 2.24) is 0 Å². The Hall–Kier alpha value is -0.610. The second-order valence-corrected chi connectivity index (χ2v) is 3.30. The van der Waals surface area contributed by atoms with Gasteiger partial charge in [-0.25, -0.2) is 0 Å². The van der Waals surface area contributed by atoms with Gasteiger partial charge in [0.1, 0.15) is 0 Å². The molecule has 1 fully saturated rings. The summed E-state index contributed by atoms with van der Waals surface area (Å²) in [6.07, 6.45) is 1.19. The zero-order valence-electron chi connectivity index (χ0n) is 7.86. The number of methoxy groups -OCH3 is 1. The molecule has 1 N–H and O–H groups in total. The number of esters is 1. The summed E-state index contributed by atoms with van der Waals surface area (Å²) < 4.78 is 9.64. The van der Waals surface area contributed by atoms with Gasteiger partial charge in [-0.1, -0.05) is 0 Å². The van der Waals surface area contributed by atoms with Crippen LogP contribution in [0.15, 0.2) is 0 Å². The quantitative estimate of drug-likeness (QED) is 0.649. The van der Waals surface area contributed by atoms with Crippen molar-refractivity contribution in [3.05, 3.63) is 0 Å². The molecule has 1 atom stereocenters. The highest BCUT2D eigenvalue weighted by atomic mass is 16.5. The van der Waals surface area contributed by atoms with Crippen LogP contribution in [-0.4, -0.2) is 37.5 Å². The van der Waals surface area contributed by atoms with Crippen LogP contribution in [0, 0.1) is 5.92 Å². The Kier molecular flexibility index (Phi) is 4.18. The van der Waals surface area contributed by atoms with Gasteiger partial charge in [-0.15, -0.1) is 0 Å². The number of aliphatic hydroxyl groups excluding tert-OH is 1. The summed E-state index contributed by atoms with van der Waals surface area (Å²) in [6, 6.07) is 0. The van der Waals surface area contributed by atoms with Crippen LogP contribution >= 0.6 is 0 Å². The molecule has 4 heteroatoms. The molecular formula is C9H16O4. The van der Waals surface area contributed by atoms with Crippen LogP contribution in [-0.2, 0) is 14.3 Å². The molecule has 1 aliphatic heterocycles. The Balaban J connectivity index is 2.28. The maximum Gasteiger partial charge on any atom is 0.308 e. The molecule has 0 aliphatic carbocycles. The Morgan fingerprint density at radius 3 is 2.77 bits per heavy atom. The van der Waals surface area contributed by atoms with Crippen LogP contribution in [0.5, 0.6) is 0 Å². The van der Waals surface area contributed by atoms with Crippen molar-refractivity contribution >= 4 is 5.97 Å². The molecule has 0 saturated carbocycles. The minimum Gasteiger partial charge on any atom is -0.469 e. The first kappa shape index (κ1) is 10.5. The lowest BCUT2D eigenvalue weighted by atomic mass is 9.92. The lowest BCUT2D eigenvalue weighted by Gasteiger charge is -2.25. The molecule has 1 saturated heterocycles. The van der Waals surface area contributed by atoms with E-state index in [0.717, 1.165) is 12.8 Å². The predicted molar refractivity (Wildman–Crippen MR) is 46.2 cm³/mol. The zero-order chi connectivity index (χ0) is 9.68. The summed E-state index contributed by atoms with van der Waals surface area (Å²) in [4.78, 5) is 10.9. The van der Waals surface area contributed by atoms with Gasteiger partial charge in [0, 0.05) is 13.2 Å². The maximum absolute atomic E-state index is 10.9. The third-order valence-corrected chi connectivity index (χ3v) is 2.41. The Morgan fingerprint density at radius 2 is 2.23 bits per heavy atom. The van der Waals surface area contributed by atoms with Crippen LogP contribution in [0.2, 0.25) is 0 Å². The molecule has 0 bridgehead atoms. The molecule has 0 aromatic heterocycles. The van der Waals surface area contributed by atoms with E-state index in [-0.39, 0.29) is 18.3 Å². The summed E-state index contributed by atoms with van der Waals surface area (Å²) >= 11 is 0. The van der Waals surface area contributed by atoms with Crippen molar-refractivity contribution in [3.8, 4) is 0 Å². The molecule has 0 amide bonds. The zero-order valence-corrected chi connectivity index (χ0v) is 7.86. The number of rotatable bonds is 3. The monoisotopic (exact) mass is 188 g/mol. The molecule has 4 nitrogen and oxygen atoms in total. The molecular weight excluding hydrogens is 172 g/mol. The van der Waals surface area contributed by atoms with E-state index in [1.165, 1.54) is 7.11 Å². The maximum atomic E-state index is 10.9. The summed E-state index contributed by atoms with van der Waals surface area (Å²) in [7, 11) is 1.33. The first-order chi connectivity index (χ1) is 6.24. The number of ether oxygens (including phenoxy) is 2. The van der Waals surface area contributed by atoms with E-state index in [0.29, 0.717) is 13.2 Å². The van der Waals surface area contributed by atoms with Gasteiger partial charge in [0.2, 0.25) is 0 Å². The van der Waals surface area contributed by atoms with E-state index in [9.17, 15) is 9.90 Å². The minimum absolute atomic E-state index is 0.0984. The van der Waals surface area contributed by atoms with E-state index < -0.39 is 6.10 Å². The number of hydrogen-bond donors (Lipinski definition) is 1. The summed E-state index contributed by atoms with van der Waals surface area (Å²) in [6.45, 7) is 1.37. The molecule has 0 unspecified atom stereocenters. The SMILES string of the molecule is COC(=O)C[C@H](O)C1CCOCC1. The highest BCUT2D eigenvalue weighted by Gasteiger charge is 2.24. The average molecular weight is 188 g/mol. The fourth-order valence-electron chi connectivity index (χ4n) is 1.52. The van der Waals surface area contributed by atoms with Crippen LogP contribution in [0.3, 0.4) is 0 Å². The van der Waals surface area contributed by atoms with Gasteiger partial charge in [-0.3, -0.25) is 4.79 Å². The van der Waals surface area contributed by atoms with Crippen molar-refractivity contribution in [3.63, 3.8) is 0 Å². The molecule has 1 aliphatic rings. The molecule has 76 valence electrons. The van der Waals surface area contributed by atoms with E-state index in [1.807, 2.05) is 0 Å². The molecule has 1 heterocycles. The van der Waals surface area contributed by atoms with E-state index in [4.69, 9.17) is 4.74 Å². The molecule has 0 aromatic carbocycles. The van der Waals surface area contributed by atoms with Crippen molar-refractivity contribution in [1.29, 1.82) is 0 Å². The lowest BCUT2D eigenvalue weighted by molar-refractivity contribution is -0.144. The van der Waals surface area contributed by atoms with E-state index in [2.05, 4.69) is 4.74 Å². The lowest BCUT2D eigenvalue weighted by Crippen LogP contribution is -2.29. The second-order valence-electron chi connectivity index (χ2n) is 3.30. The third kappa shape index (κ3) is 3.32. The molecule has 13 heavy (non-hydrogen) atoms. The van der Waals surface area contributed by atoms with Gasteiger partial charge in [-0.05, 0) is 18.8 Å². The van der Waals surface area contributed by atoms with Crippen LogP contribution in [0.25, 0.3) is 0 Å². The van der Waals surface area contributed by atoms with Gasteiger partial charge >= 0.3 is 5.97 Å².